The van der Waals surface area contributed by atoms with E-state index in [-0.39, 0.29) is 17.9 Å². The lowest BCUT2D eigenvalue weighted by atomic mass is 10.0. The Kier molecular flexibility index (Phi) is 6.56. The number of allylic oxidation sites excluding steroid dienone is 6. The van der Waals surface area contributed by atoms with Gasteiger partial charge in [0.2, 0.25) is 0 Å². The Labute approximate surface area is 186 Å². The molecule has 0 bridgehead atoms. The maximum absolute atomic E-state index is 12.2. The molecule has 2 aromatic rings. The Balaban J connectivity index is 2.25. The number of hydrogen-bond donors (Lipinski definition) is 2. The average molecular weight is 447 g/mol. The van der Waals surface area contributed by atoms with E-state index in [9.17, 15) is 15.0 Å². The number of aliphatic hydroxyl groups is 1. The predicted octanol–water partition coefficient (Wildman–Crippen LogP) is 5.70. The van der Waals surface area contributed by atoms with Crippen LogP contribution in [0.5, 0.6) is 0 Å². The van der Waals surface area contributed by atoms with Crippen LogP contribution in [0, 0.1) is 5.92 Å². The summed E-state index contributed by atoms with van der Waals surface area (Å²) in [5.41, 5.74) is -0.0251. The van der Waals surface area contributed by atoms with Crippen molar-refractivity contribution < 1.29 is 15.0 Å². The first kappa shape index (κ1) is 22.3. The summed E-state index contributed by atoms with van der Waals surface area (Å²) in [7, 11) is 0. The van der Waals surface area contributed by atoms with Gasteiger partial charge in [0.05, 0.1) is 6.54 Å². The summed E-state index contributed by atoms with van der Waals surface area (Å²) in [6.07, 6.45) is 10.7. The molecule has 0 saturated heterocycles. The van der Waals surface area contributed by atoms with E-state index in [1.54, 1.807) is 22.8 Å². The van der Waals surface area contributed by atoms with Gasteiger partial charge in [0, 0.05) is 15.6 Å². The van der Waals surface area contributed by atoms with E-state index in [2.05, 4.69) is 18.0 Å². The summed E-state index contributed by atoms with van der Waals surface area (Å²) in [4.78, 5) is 16.8. The minimum atomic E-state index is -1.44. The summed E-state index contributed by atoms with van der Waals surface area (Å²) in [6, 6.07) is 5.05. The van der Waals surface area contributed by atoms with E-state index in [0.717, 1.165) is 12.0 Å². The zero-order valence-corrected chi connectivity index (χ0v) is 18.6. The van der Waals surface area contributed by atoms with Crippen molar-refractivity contribution in [1.82, 2.24) is 9.55 Å². The fraction of sp³-hybridized carbons (Fsp3) is 0.304. The van der Waals surface area contributed by atoms with Crippen molar-refractivity contribution in [2.24, 2.45) is 5.92 Å². The first-order chi connectivity index (χ1) is 14.1. The smallest absolute Gasteiger partial charge is 0.354 e. The van der Waals surface area contributed by atoms with Crippen LogP contribution in [0.25, 0.3) is 5.57 Å². The van der Waals surface area contributed by atoms with E-state index < -0.39 is 11.6 Å². The largest absolute Gasteiger partial charge is 0.477 e. The molecule has 0 saturated carbocycles. The molecule has 0 spiro atoms. The highest BCUT2D eigenvalue weighted by molar-refractivity contribution is 6.33. The Hall–Kier alpha value is -2.34. The van der Waals surface area contributed by atoms with E-state index in [4.69, 9.17) is 23.2 Å². The lowest BCUT2D eigenvalue weighted by molar-refractivity contribution is 0.0602. The van der Waals surface area contributed by atoms with Gasteiger partial charge in [0.15, 0.2) is 5.69 Å². The van der Waals surface area contributed by atoms with Crippen LogP contribution in [0.3, 0.4) is 0 Å². The van der Waals surface area contributed by atoms with Crippen LogP contribution >= 0.6 is 23.2 Å². The molecule has 1 atom stereocenters. The number of carbonyl (C=O) groups is 1. The van der Waals surface area contributed by atoms with Gasteiger partial charge in [-0.3, -0.25) is 0 Å². The summed E-state index contributed by atoms with van der Waals surface area (Å²) < 4.78 is 1.57. The lowest BCUT2D eigenvalue weighted by Gasteiger charge is -2.16. The molecular formula is C23H24Cl2N2O3. The second kappa shape index (κ2) is 8.80. The topological polar surface area (TPSA) is 75.3 Å². The highest BCUT2D eigenvalue weighted by Gasteiger charge is 2.32. The van der Waals surface area contributed by atoms with Crippen LogP contribution in [-0.2, 0) is 12.1 Å². The molecule has 1 aromatic carbocycles. The number of carboxylic acid groups (broad SMARTS) is 1. The van der Waals surface area contributed by atoms with Crippen molar-refractivity contribution >= 4 is 34.7 Å². The Morgan fingerprint density at radius 1 is 1.33 bits per heavy atom. The van der Waals surface area contributed by atoms with Gasteiger partial charge < -0.3 is 14.8 Å². The molecule has 0 amide bonds. The molecule has 1 heterocycles. The van der Waals surface area contributed by atoms with Gasteiger partial charge in [-0.05, 0) is 49.9 Å². The number of benzene rings is 1. The summed E-state index contributed by atoms with van der Waals surface area (Å²) in [6.45, 7) is 5.31. The van der Waals surface area contributed by atoms with Crippen LogP contribution in [0.1, 0.15) is 54.8 Å². The predicted molar refractivity (Wildman–Crippen MR) is 120 cm³/mol. The molecular weight excluding hydrogens is 423 g/mol. The van der Waals surface area contributed by atoms with Crippen LogP contribution < -0.4 is 0 Å². The number of aromatic nitrogens is 2. The molecule has 30 heavy (non-hydrogen) atoms. The highest BCUT2D eigenvalue weighted by Crippen LogP contribution is 2.31. The first-order valence-electron chi connectivity index (χ1n) is 9.64. The number of hydrogen-bond acceptors (Lipinski definition) is 3. The van der Waals surface area contributed by atoms with E-state index in [1.165, 1.54) is 13.8 Å². The Bertz CT molecular complexity index is 1060. The van der Waals surface area contributed by atoms with Gasteiger partial charge in [-0.1, -0.05) is 60.5 Å². The van der Waals surface area contributed by atoms with Crippen molar-refractivity contribution in [3.05, 3.63) is 81.4 Å². The molecule has 1 unspecified atom stereocenters. The highest BCUT2D eigenvalue weighted by atomic mass is 35.5. The zero-order chi connectivity index (χ0) is 22.1. The first-order valence-corrected chi connectivity index (χ1v) is 10.4. The average Bonchev–Trinajstić information content (AvgIpc) is 3.01. The number of aromatic carboxylic acids is 1. The van der Waals surface area contributed by atoms with Crippen molar-refractivity contribution in [2.45, 2.75) is 39.3 Å². The third kappa shape index (κ3) is 4.86. The molecule has 2 N–H and O–H groups in total. The van der Waals surface area contributed by atoms with E-state index in [0.29, 0.717) is 27.4 Å². The maximum Gasteiger partial charge on any atom is 0.354 e. The van der Waals surface area contributed by atoms with Crippen molar-refractivity contribution in [1.29, 1.82) is 0 Å². The van der Waals surface area contributed by atoms with Crippen LogP contribution in [0.15, 0.2) is 48.6 Å². The number of halogens is 2. The maximum atomic E-state index is 12.2. The van der Waals surface area contributed by atoms with Crippen LogP contribution in [-0.4, -0.2) is 25.7 Å². The summed E-state index contributed by atoms with van der Waals surface area (Å²) >= 11 is 12.5. The van der Waals surface area contributed by atoms with Gasteiger partial charge >= 0.3 is 5.97 Å². The summed E-state index contributed by atoms with van der Waals surface area (Å²) in [5, 5.41) is 21.6. The molecule has 7 heteroatoms. The third-order valence-electron chi connectivity index (χ3n) is 4.86. The third-order valence-corrected chi connectivity index (χ3v) is 5.47. The van der Waals surface area contributed by atoms with Gasteiger partial charge in [-0.2, -0.15) is 0 Å². The zero-order valence-electron chi connectivity index (χ0n) is 17.1. The lowest BCUT2D eigenvalue weighted by Crippen LogP contribution is -2.22. The van der Waals surface area contributed by atoms with Crippen molar-refractivity contribution in [2.75, 3.05) is 0 Å². The van der Waals surface area contributed by atoms with Gasteiger partial charge in [0.1, 0.15) is 17.1 Å². The second-order valence-electron chi connectivity index (χ2n) is 7.94. The Morgan fingerprint density at radius 3 is 2.73 bits per heavy atom. The van der Waals surface area contributed by atoms with Gasteiger partial charge in [0.25, 0.3) is 0 Å². The normalized spacial score (nSPS) is 16.9. The number of nitrogens with zero attached hydrogens (tertiary/aromatic N) is 2. The van der Waals surface area contributed by atoms with Gasteiger partial charge in [-0.15, -0.1) is 0 Å². The van der Waals surface area contributed by atoms with Crippen LogP contribution in [0.4, 0.5) is 0 Å². The minimum absolute atomic E-state index is 0.0813. The molecule has 0 fully saturated rings. The molecule has 1 aliphatic carbocycles. The number of imidazole rings is 1. The van der Waals surface area contributed by atoms with Crippen molar-refractivity contribution in [3.63, 3.8) is 0 Å². The monoisotopic (exact) mass is 446 g/mol. The SMILES string of the molecule is CC1C=CC=C(c2nc(C(C)(C)O)c(C(=O)O)n2Cc2cc(Cl)ccc2Cl)C=CC1. The van der Waals surface area contributed by atoms with Crippen LogP contribution in [0.2, 0.25) is 10.0 Å². The fourth-order valence-electron chi connectivity index (χ4n) is 3.35. The quantitative estimate of drug-likeness (QED) is 0.617. The van der Waals surface area contributed by atoms with E-state index >= 15 is 0 Å². The molecule has 1 aliphatic rings. The van der Waals surface area contributed by atoms with Gasteiger partial charge in [-0.25, -0.2) is 9.78 Å². The molecule has 158 valence electrons. The fourth-order valence-corrected chi connectivity index (χ4v) is 3.72. The molecule has 3 rings (SSSR count). The standard InChI is InChI=1S/C23H24Cl2N2O3/c1-14-6-4-8-15(9-5-7-14)21-26-20(23(2,3)30)19(22(28)29)27(21)13-16-12-17(24)10-11-18(16)25/h4-6,8-12,14,30H,7,13H2,1-3H3,(H,28,29). The molecule has 5 nitrogen and oxygen atoms in total. The van der Waals surface area contributed by atoms with Crippen molar-refractivity contribution in [3.8, 4) is 0 Å². The second-order valence-corrected chi connectivity index (χ2v) is 8.78. The van der Waals surface area contributed by atoms with E-state index in [1.807, 2.05) is 24.3 Å². The minimum Gasteiger partial charge on any atom is -0.477 e. The summed E-state index contributed by atoms with van der Waals surface area (Å²) in [5.74, 6) is -0.329. The molecule has 0 radical (unpaired) electrons. The molecule has 0 aliphatic heterocycles. The number of rotatable bonds is 5. The number of carboxylic acids is 1. The Morgan fingerprint density at radius 2 is 2.07 bits per heavy atom. The molecule has 1 aromatic heterocycles.